The molecule has 0 radical (unpaired) electrons. The average molecular weight is 557 g/mol. The second kappa shape index (κ2) is 19.1. The van der Waals surface area contributed by atoms with Gasteiger partial charge in [-0.2, -0.15) is 0 Å². The number of anilines is 2. The van der Waals surface area contributed by atoms with Gasteiger partial charge in [0, 0.05) is 24.2 Å². The van der Waals surface area contributed by atoms with E-state index in [1.165, 1.54) is 0 Å². The first kappa shape index (κ1) is 32.1. The van der Waals surface area contributed by atoms with E-state index in [4.69, 9.17) is 18.9 Å². The normalized spacial score (nSPS) is 10.3. The highest BCUT2D eigenvalue weighted by atomic mass is 16.6. The predicted octanol–water partition coefficient (Wildman–Crippen LogP) is 7.24. The second-order valence-electron chi connectivity index (χ2n) is 9.05. The van der Waals surface area contributed by atoms with Crippen molar-refractivity contribution in [3.63, 3.8) is 0 Å². The van der Waals surface area contributed by atoms with Crippen LogP contribution in [-0.4, -0.2) is 37.3 Å². The highest BCUT2D eigenvalue weighted by molar-refractivity contribution is 5.85. The van der Waals surface area contributed by atoms with Crippen LogP contribution < -0.4 is 20.1 Å². The minimum atomic E-state index is -0.512. The molecule has 2 N–H and O–H groups in total. The zero-order valence-corrected chi connectivity index (χ0v) is 23.4. The van der Waals surface area contributed by atoms with Gasteiger partial charge in [-0.15, -0.1) is 0 Å². The smallest absolute Gasteiger partial charge is 0.411 e. The number of ether oxygens (including phenoxy) is 4. The molecule has 2 amide bonds. The van der Waals surface area contributed by atoms with E-state index in [1.54, 1.807) is 62.4 Å². The van der Waals surface area contributed by atoms with E-state index in [2.05, 4.69) is 10.6 Å². The molecule has 0 bridgehead atoms. The molecule has 2 rings (SSSR count). The average Bonchev–Trinajstić information content (AvgIpc) is 2.95. The van der Waals surface area contributed by atoms with E-state index < -0.39 is 12.2 Å². The Balaban J connectivity index is 1.40. The van der Waals surface area contributed by atoms with Gasteiger partial charge >= 0.3 is 24.1 Å². The lowest BCUT2D eigenvalue weighted by Gasteiger charge is -2.08. The van der Waals surface area contributed by atoms with Crippen LogP contribution in [0.3, 0.4) is 0 Å². The van der Waals surface area contributed by atoms with E-state index in [-0.39, 0.29) is 11.9 Å². The third kappa shape index (κ3) is 14.2. The summed E-state index contributed by atoms with van der Waals surface area (Å²) in [5.74, 6) is 0.233. The van der Waals surface area contributed by atoms with E-state index in [9.17, 15) is 19.2 Å². The van der Waals surface area contributed by atoms with Crippen molar-refractivity contribution in [3.05, 3.63) is 48.5 Å². The molecular formula is C30H40N2O8. The molecule has 10 heteroatoms. The highest BCUT2D eigenvalue weighted by Gasteiger charge is 2.07. The fraction of sp³-hybridized carbons (Fsp3) is 0.467. The Hall–Kier alpha value is -4.08. The van der Waals surface area contributed by atoms with Gasteiger partial charge in [0.1, 0.15) is 11.5 Å². The number of hydrogen-bond donors (Lipinski definition) is 2. The summed E-state index contributed by atoms with van der Waals surface area (Å²) in [7, 11) is 0. The molecule has 0 saturated heterocycles. The molecule has 2 aromatic rings. The van der Waals surface area contributed by atoms with Gasteiger partial charge in [-0.3, -0.25) is 20.2 Å². The number of unbranched alkanes of at least 4 members (excludes halogenated alkanes) is 7. The fourth-order valence-corrected chi connectivity index (χ4v) is 3.52. The van der Waals surface area contributed by atoms with Crippen molar-refractivity contribution < 1.29 is 38.1 Å². The summed E-state index contributed by atoms with van der Waals surface area (Å²) in [4.78, 5) is 46.4. The summed E-state index contributed by atoms with van der Waals surface area (Å²) in [5, 5.41) is 5.30. The van der Waals surface area contributed by atoms with E-state index in [1.807, 2.05) is 0 Å². The van der Waals surface area contributed by atoms with Crippen molar-refractivity contribution >= 4 is 35.5 Å². The van der Waals surface area contributed by atoms with Crippen LogP contribution in [0.15, 0.2) is 48.5 Å². The molecular weight excluding hydrogens is 516 g/mol. The summed E-state index contributed by atoms with van der Waals surface area (Å²) in [6, 6.07) is 13.1. The third-order valence-corrected chi connectivity index (χ3v) is 5.75. The molecule has 0 atom stereocenters. The van der Waals surface area contributed by atoms with E-state index >= 15 is 0 Å². The van der Waals surface area contributed by atoms with Gasteiger partial charge in [0.15, 0.2) is 0 Å². The molecule has 0 fully saturated rings. The summed E-state index contributed by atoms with van der Waals surface area (Å²) in [6.45, 7) is 4.15. The molecule has 40 heavy (non-hydrogen) atoms. The van der Waals surface area contributed by atoms with Crippen molar-refractivity contribution in [3.8, 4) is 11.5 Å². The van der Waals surface area contributed by atoms with Gasteiger partial charge in [-0.25, -0.2) is 9.59 Å². The first-order valence-electron chi connectivity index (χ1n) is 13.9. The maximum Gasteiger partial charge on any atom is 0.411 e. The van der Waals surface area contributed by atoms with Crippen LogP contribution in [0.2, 0.25) is 0 Å². The summed E-state index contributed by atoms with van der Waals surface area (Å²) in [6.07, 6.45) is 7.47. The summed E-state index contributed by atoms with van der Waals surface area (Å²) < 4.78 is 20.6. The van der Waals surface area contributed by atoms with Gasteiger partial charge in [-0.05, 0) is 61.4 Å². The Labute approximate surface area is 235 Å². The zero-order valence-electron chi connectivity index (χ0n) is 23.4. The van der Waals surface area contributed by atoms with Gasteiger partial charge in [0.05, 0.1) is 13.2 Å². The van der Waals surface area contributed by atoms with Crippen molar-refractivity contribution in [2.24, 2.45) is 0 Å². The van der Waals surface area contributed by atoms with Gasteiger partial charge in [0.25, 0.3) is 0 Å². The molecule has 10 nitrogen and oxygen atoms in total. The SMILES string of the molecule is CCC(=O)Oc1ccc(NC(=O)OCCCCCCCCCCOC(=O)Nc2ccc(OC(=O)CC)cc2)cc1. The first-order valence-corrected chi connectivity index (χ1v) is 13.9. The Kier molecular flexibility index (Phi) is 15.3. The van der Waals surface area contributed by atoms with E-state index in [0.717, 1.165) is 51.4 Å². The molecule has 0 aliphatic carbocycles. The molecule has 2 aromatic carbocycles. The molecule has 0 aliphatic rings. The predicted molar refractivity (Wildman–Crippen MR) is 152 cm³/mol. The summed E-state index contributed by atoms with van der Waals surface area (Å²) >= 11 is 0. The van der Waals surface area contributed by atoms with Crippen molar-refractivity contribution in [1.82, 2.24) is 0 Å². The number of carbonyl (C=O) groups excluding carboxylic acids is 4. The molecule has 0 unspecified atom stereocenters. The monoisotopic (exact) mass is 556 g/mol. The quantitative estimate of drug-likeness (QED) is 0.119. The Morgan fingerprint density at radius 2 is 0.850 bits per heavy atom. The van der Waals surface area contributed by atoms with Crippen LogP contribution >= 0.6 is 0 Å². The lowest BCUT2D eigenvalue weighted by atomic mass is 10.1. The zero-order chi connectivity index (χ0) is 29.0. The highest BCUT2D eigenvalue weighted by Crippen LogP contribution is 2.18. The number of nitrogens with one attached hydrogen (secondary N) is 2. The van der Waals surface area contributed by atoms with Crippen LogP contribution in [0, 0.1) is 0 Å². The lowest BCUT2D eigenvalue weighted by molar-refractivity contribution is -0.134. The number of hydrogen-bond acceptors (Lipinski definition) is 8. The topological polar surface area (TPSA) is 129 Å². The second-order valence-corrected chi connectivity index (χ2v) is 9.05. The van der Waals surface area contributed by atoms with Gasteiger partial charge in [0.2, 0.25) is 0 Å². The maximum absolute atomic E-state index is 11.9. The molecule has 0 aromatic heterocycles. The van der Waals surface area contributed by atoms with Crippen LogP contribution in [0.5, 0.6) is 11.5 Å². The Bertz CT molecular complexity index is 969. The van der Waals surface area contributed by atoms with Crippen LogP contribution in [0.25, 0.3) is 0 Å². The standard InChI is InChI=1S/C30H40N2O8/c1-3-27(33)39-25-17-13-23(14-18-25)31-29(35)37-21-11-9-7-5-6-8-10-12-22-38-30(36)32-24-15-19-26(20-16-24)40-28(34)4-2/h13-20H,3-12,21-22H2,1-2H3,(H,31,35)(H,32,36). The van der Waals surface area contributed by atoms with Crippen molar-refractivity contribution in [1.29, 1.82) is 0 Å². The third-order valence-electron chi connectivity index (χ3n) is 5.75. The Morgan fingerprint density at radius 3 is 1.18 bits per heavy atom. The first-order chi connectivity index (χ1) is 19.4. The van der Waals surface area contributed by atoms with Gasteiger partial charge < -0.3 is 18.9 Å². The Morgan fingerprint density at radius 1 is 0.525 bits per heavy atom. The lowest BCUT2D eigenvalue weighted by Crippen LogP contribution is -2.14. The van der Waals surface area contributed by atoms with Crippen molar-refractivity contribution in [2.45, 2.75) is 78.1 Å². The molecule has 218 valence electrons. The summed E-state index contributed by atoms with van der Waals surface area (Å²) in [5.41, 5.74) is 1.13. The van der Waals surface area contributed by atoms with Crippen LogP contribution in [0.4, 0.5) is 21.0 Å². The number of rotatable bonds is 17. The van der Waals surface area contributed by atoms with Gasteiger partial charge in [-0.1, -0.05) is 52.4 Å². The molecule has 0 heterocycles. The maximum atomic E-state index is 11.9. The number of benzene rings is 2. The minimum Gasteiger partial charge on any atom is -0.449 e. The van der Waals surface area contributed by atoms with Crippen LogP contribution in [0.1, 0.15) is 78.1 Å². The molecule has 0 aliphatic heterocycles. The number of amides is 2. The number of carbonyl (C=O) groups is 4. The fourth-order valence-electron chi connectivity index (χ4n) is 3.52. The van der Waals surface area contributed by atoms with Crippen LogP contribution in [-0.2, 0) is 19.1 Å². The molecule has 0 saturated carbocycles. The van der Waals surface area contributed by atoms with Crippen molar-refractivity contribution in [2.75, 3.05) is 23.8 Å². The molecule has 0 spiro atoms. The van der Waals surface area contributed by atoms with E-state index in [0.29, 0.717) is 48.9 Å². The number of esters is 2. The largest absolute Gasteiger partial charge is 0.449 e. The minimum absolute atomic E-state index is 0.296.